The molecule has 0 aromatic rings. The summed E-state index contributed by atoms with van der Waals surface area (Å²) in [6.45, 7) is 4.74. The van der Waals surface area contributed by atoms with Gasteiger partial charge in [-0.05, 0) is 18.6 Å². The number of hydrogen-bond acceptors (Lipinski definition) is 3. The third-order valence-electron chi connectivity index (χ3n) is 4.21. The third-order valence-corrected chi connectivity index (χ3v) is 5.24. The minimum absolute atomic E-state index is 0.146. The van der Waals surface area contributed by atoms with Gasteiger partial charge >= 0.3 is 0 Å². The van der Waals surface area contributed by atoms with Crippen molar-refractivity contribution in [1.82, 2.24) is 15.5 Å². The Hall–Kier alpha value is -0.0100. The zero-order valence-electron chi connectivity index (χ0n) is 15.4. The topological polar surface area (TPSA) is 53.6 Å². The molecule has 0 aromatic heterocycles. The van der Waals surface area contributed by atoms with Crippen LogP contribution in [0.15, 0.2) is 0 Å². The van der Waals surface area contributed by atoms with Crippen LogP contribution in [0.4, 0.5) is 0 Å². The summed E-state index contributed by atoms with van der Waals surface area (Å²) < 4.78 is 3.59. The number of carbonyl (C=O) groups excluding carboxylic acids is 1. The summed E-state index contributed by atoms with van der Waals surface area (Å²) in [4.78, 5) is 14.1. The van der Waals surface area contributed by atoms with Crippen molar-refractivity contribution in [2.24, 2.45) is 0 Å². The largest absolute Gasteiger partial charge is 0.378 e. The number of thiocarbonyl (C=S) groups is 1. The van der Waals surface area contributed by atoms with E-state index in [1.807, 2.05) is 4.90 Å². The summed E-state index contributed by atoms with van der Waals surface area (Å²) in [5.74, 6) is -0.146. The lowest BCUT2D eigenvalue weighted by Crippen LogP contribution is -2.59. The van der Waals surface area contributed by atoms with Crippen molar-refractivity contribution in [3.63, 3.8) is 0 Å². The van der Waals surface area contributed by atoms with Crippen LogP contribution in [0.2, 0.25) is 0 Å². The number of unbranched alkanes of at least 4 members (excludes halogenated alkanes) is 6. The highest BCUT2D eigenvalue weighted by molar-refractivity contribution is 7.80. The summed E-state index contributed by atoms with van der Waals surface area (Å²) in [6.07, 6.45) is 7.56. The van der Waals surface area contributed by atoms with Crippen molar-refractivity contribution < 1.29 is 9.53 Å². The van der Waals surface area contributed by atoms with Gasteiger partial charge in [0.15, 0.2) is 5.11 Å². The first-order chi connectivity index (χ1) is 12.3. The number of morpholine rings is 1. The lowest BCUT2D eigenvalue weighted by atomic mass is 10.1. The van der Waals surface area contributed by atoms with Crippen molar-refractivity contribution >= 4 is 58.0 Å². The van der Waals surface area contributed by atoms with E-state index in [0.29, 0.717) is 37.8 Å². The molecule has 0 unspecified atom stereocenters. The van der Waals surface area contributed by atoms with Crippen LogP contribution in [0, 0.1) is 0 Å². The molecular weight excluding hydrogens is 417 g/mol. The highest BCUT2D eigenvalue weighted by Gasteiger charge is 2.35. The molecule has 26 heavy (non-hydrogen) atoms. The zero-order chi connectivity index (χ0) is 19.4. The van der Waals surface area contributed by atoms with Gasteiger partial charge in [-0.1, -0.05) is 80.3 Å². The highest BCUT2D eigenvalue weighted by Crippen LogP contribution is 2.29. The second-order valence-corrected chi connectivity index (χ2v) is 9.22. The Morgan fingerprint density at radius 2 is 1.65 bits per heavy atom. The maximum Gasteiger partial charge on any atom is 0.228 e. The zero-order valence-corrected chi connectivity index (χ0v) is 18.5. The molecule has 0 bridgehead atoms. The van der Waals surface area contributed by atoms with Gasteiger partial charge in [0.2, 0.25) is 9.70 Å². The molecule has 1 heterocycles. The van der Waals surface area contributed by atoms with Gasteiger partial charge in [-0.2, -0.15) is 0 Å². The van der Waals surface area contributed by atoms with Crippen molar-refractivity contribution in [3.05, 3.63) is 0 Å². The van der Waals surface area contributed by atoms with Crippen molar-refractivity contribution in [3.8, 4) is 0 Å². The third kappa shape index (κ3) is 10.4. The number of hydrogen-bond donors (Lipinski definition) is 2. The van der Waals surface area contributed by atoms with Crippen LogP contribution in [0.1, 0.15) is 58.3 Å². The SMILES string of the molecule is CCCCCCCCCC(=O)N[C@@H](NC(=S)N1CCOCC1)C(Cl)(Cl)Cl. The average Bonchev–Trinajstić information content (AvgIpc) is 2.60. The molecule has 9 heteroatoms. The molecule has 0 saturated carbocycles. The number of alkyl halides is 3. The van der Waals surface area contributed by atoms with Gasteiger partial charge in [-0.3, -0.25) is 4.79 Å². The Morgan fingerprint density at radius 1 is 1.08 bits per heavy atom. The monoisotopic (exact) mass is 445 g/mol. The number of nitrogens with one attached hydrogen (secondary N) is 2. The van der Waals surface area contributed by atoms with E-state index in [1.165, 1.54) is 25.7 Å². The predicted octanol–water partition coefficient (Wildman–Crippen LogP) is 4.15. The first kappa shape index (κ1) is 24.0. The summed E-state index contributed by atoms with van der Waals surface area (Å²) in [6, 6.07) is 0. The van der Waals surface area contributed by atoms with Crippen LogP contribution in [-0.2, 0) is 9.53 Å². The van der Waals surface area contributed by atoms with E-state index in [-0.39, 0.29) is 5.91 Å². The molecule has 1 atom stereocenters. The van der Waals surface area contributed by atoms with Crippen LogP contribution >= 0.6 is 47.0 Å². The first-order valence-electron chi connectivity index (χ1n) is 9.34. The Kier molecular flexibility index (Phi) is 12.2. The summed E-state index contributed by atoms with van der Waals surface area (Å²) in [5, 5.41) is 6.15. The van der Waals surface area contributed by atoms with E-state index in [1.54, 1.807) is 0 Å². The molecule has 1 rings (SSSR count). The number of ether oxygens (including phenoxy) is 1. The van der Waals surface area contributed by atoms with Crippen molar-refractivity contribution in [2.45, 2.75) is 68.2 Å². The number of halogens is 3. The molecular formula is C17H30Cl3N3O2S. The number of carbonyl (C=O) groups is 1. The number of nitrogens with zero attached hydrogens (tertiary/aromatic N) is 1. The second-order valence-electron chi connectivity index (χ2n) is 6.46. The minimum Gasteiger partial charge on any atom is -0.378 e. The second kappa shape index (κ2) is 13.2. The molecule has 5 nitrogen and oxygen atoms in total. The highest BCUT2D eigenvalue weighted by atomic mass is 35.6. The molecule has 1 aliphatic heterocycles. The first-order valence-corrected chi connectivity index (χ1v) is 10.9. The van der Waals surface area contributed by atoms with E-state index >= 15 is 0 Å². The van der Waals surface area contributed by atoms with Gasteiger partial charge in [0, 0.05) is 19.5 Å². The van der Waals surface area contributed by atoms with Crippen molar-refractivity contribution in [1.29, 1.82) is 0 Å². The van der Waals surface area contributed by atoms with E-state index in [2.05, 4.69) is 17.6 Å². The molecule has 1 amide bonds. The Labute approximate surface area is 177 Å². The lowest BCUT2D eigenvalue weighted by Gasteiger charge is -2.34. The summed E-state index contributed by atoms with van der Waals surface area (Å²) in [5.41, 5.74) is 0. The standard InChI is InChI=1S/C17H30Cl3N3O2S/c1-2-3-4-5-6-7-8-9-14(24)21-15(17(18,19)20)22-16(26)23-10-12-25-13-11-23/h15H,2-13H2,1H3,(H,21,24)(H,22,26)/t15-/m0/s1. The van der Waals surface area contributed by atoms with Gasteiger partial charge in [-0.25, -0.2) is 0 Å². The molecule has 152 valence electrons. The fourth-order valence-electron chi connectivity index (χ4n) is 2.66. The quantitative estimate of drug-likeness (QED) is 0.228. The van der Waals surface area contributed by atoms with Crippen LogP contribution in [0.3, 0.4) is 0 Å². The molecule has 0 aromatic carbocycles. The van der Waals surface area contributed by atoms with E-state index in [9.17, 15) is 4.79 Å². The van der Waals surface area contributed by atoms with E-state index in [4.69, 9.17) is 51.8 Å². The smallest absolute Gasteiger partial charge is 0.228 e. The molecule has 2 N–H and O–H groups in total. The van der Waals surface area contributed by atoms with Crippen LogP contribution in [0.5, 0.6) is 0 Å². The molecule has 0 aliphatic carbocycles. The molecule has 1 aliphatic rings. The summed E-state index contributed by atoms with van der Waals surface area (Å²) in [7, 11) is 0. The average molecular weight is 447 g/mol. The number of amides is 1. The van der Waals surface area contributed by atoms with Crippen LogP contribution in [0.25, 0.3) is 0 Å². The predicted molar refractivity (Wildman–Crippen MR) is 113 cm³/mol. The molecule has 0 radical (unpaired) electrons. The fourth-order valence-corrected chi connectivity index (χ4v) is 3.28. The van der Waals surface area contributed by atoms with E-state index in [0.717, 1.165) is 19.3 Å². The Morgan fingerprint density at radius 3 is 2.23 bits per heavy atom. The van der Waals surface area contributed by atoms with Gasteiger partial charge in [0.1, 0.15) is 6.17 Å². The Balaban J connectivity index is 2.34. The van der Waals surface area contributed by atoms with Gasteiger partial charge in [-0.15, -0.1) is 0 Å². The Bertz CT molecular complexity index is 430. The van der Waals surface area contributed by atoms with Crippen LogP contribution < -0.4 is 10.6 Å². The van der Waals surface area contributed by atoms with Crippen LogP contribution in [-0.4, -0.2) is 52.2 Å². The maximum absolute atomic E-state index is 12.2. The maximum atomic E-state index is 12.2. The van der Waals surface area contributed by atoms with Gasteiger partial charge in [0.25, 0.3) is 0 Å². The van der Waals surface area contributed by atoms with Crippen molar-refractivity contribution in [2.75, 3.05) is 26.3 Å². The van der Waals surface area contributed by atoms with E-state index < -0.39 is 9.96 Å². The number of rotatable bonds is 10. The lowest BCUT2D eigenvalue weighted by molar-refractivity contribution is -0.122. The fraction of sp³-hybridized carbons (Fsp3) is 0.882. The normalized spacial score (nSPS) is 16.2. The molecule has 0 spiro atoms. The van der Waals surface area contributed by atoms with Gasteiger partial charge < -0.3 is 20.3 Å². The summed E-state index contributed by atoms with van der Waals surface area (Å²) >= 11 is 23.4. The molecule has 1 saturated heterocycles. The molecule has 1 fully saturated rings. The van der Waals surface area contributed by atoms with Gasteiger partial charge in [0.05, 0.1) is 13.2 Å². The minimum atomic E-state index is -1.70.